The van der Waals surface area contributed by atoms with Crippen LogP contribution < -0.4 is 16.5 Å². The second-order valence-corrected chi connectivity index (χ2v) is 6.06. The summed E-state index contributed by atoms with van der Waals surface area (Å²) in [5, 5.41) is 3.05. The minimum Gasteiger partial charge on any atom is -0.290 e. The number of halogens is 1. The Hall–Kier alpha value is -3.16. The number of amides is 1. The molecule has 0 saturated carbocycles. The van der Waals surface area contributed by atoms with Gasteiger partial charge in [-0.2, -0.15) is 0 Å². The summed E-state index contributed by atoms with van der Waals surface area (Å²) in [6.45, 7) is 4.96. The van der Waals surface area contributed by atoms with E-state index < -0.39 is 16.9 Å². The SMILES string of the molecule is Cc1c2c(=O)n(-c3cccc(F)c3)[nH]c2cc(=O)n1NC(=O)C(C)C. The van der Waals surface area contributed by atoms with Crippen molar-refractivity contribution in [2.75, 3.05) is 5.43 Å². The molecular weight excluding hydrogens is 327 g/mol. The number of hydrogen-bond acceptors (Lipinski definition) is 3. The van der Waals surface area contributed by atoms with Gasteiger partial charge in [-0.3, -0.25) is 24.9 Å². The highest BCUT2D eigenvalue weighted by Gasteiger charge is 2.17. The number of H-pyrrole nitrogens is 1. The third kappa shape index (κ3) is 2.86. The summed E-state index contributed by atoms with van der Waals surface area (Å²) in [6.07, 6.45) is 0. The molecule has 7 nitrogen and oxygen atoms in total. The molecule has 0 spiro atoms. The third-order valence-electron chi connectivity index (χ3n) is 3.92. The first-order chi connectivity index (χ1) is 11.8. The van der Waals surface area contributed by atoms with Crippen LogP contribution in [0, 0.1) is 18.7 Å². The normalized spacial score (nSPS) is 11.2. The van der Waals surface area contributed by atoms with E-state index in [1.165, 1.54) is 24.3 Å². The summed E-state index contributed by atoms with van der Waals surface area (Å²) in [5.74, 6) is -1.15. The van der Waals surface area contributed by atoms with Gasteiger partial charge in [-0.1, -0.05) is 19.9 Å². The molecular formula is C17H17FN4O3. The van der Waals surface area contributed by atoms with E-state index in [1.807, 2.05) is 0 Å². The van der Waals surface area contributed by atoms with Crippen molar-refractivity contribution >= 4 is 16.8 Å². The quantitative estimate of drug-likeness (QED) is 0.757. The Balaban J connectivity index is 2.23. The fourth-order valence-corrected chi connectivity index (χ4v) is 2.55. The monoisotopic (exact) mass is 344 g/mol. The van der Waals surface area contributed by atoms with Crippen LogP contribution in [0.4, 0.5) is 4.39 Å². The van der Waals surface area contributed by atoms with Crippen molar-refractivity contribution in [3.8, 4) is 5.69 Å². The molecule has 3 aromatic rings. The third-order valence-corrected chi connectivity index (χ3v) is 3.92. The lowest BCUT2D eigenvalue weighted by Crippen LogP contribution is -2.36. The van der Waals surface area contributed by atoms with Crippen LogP contribution in [0.15, 0.2) is 39.9 Å². The zero-order valence-electron chi connectivity index (χ0n) is 14.0. The van der Waals surface area contributed by atoms with Crippen LogP contribution in [0.5, 0.6) is 0 Å². The fraction of sp³-hybridized carbons (Fsp3) is 0.235. The van der Waals surface area contributed by atoms with E-state index in [0.29, 0.717) is 16.9 Å². The Bertz CT molecular complexity index is 1090. The van der Waals surface area contributed by atoms with Crippen LogP contribution in [0.3, 0.4) is 0 Å². The lowest BCUT2D eigenvalue weighted by molar-refractivity contribution is -0.119. The number of carbonyl (C=O) groups excluding carboxylic acids is 1. The van der Waals surface area contributed by atoms with E-state index >= 15 is 0 Å². The summed E-state index contributed by atoms with van der Waals surface area (Å²) in [4.78, 5) is 36.9. The number of pyridine rings is 1. The Morgan fingerprint density at radius 2 is 1.96 bits per heavy atom. The van der Waals surface area contributed by atoms with Crippen molar-refractivity contribution in [2.45, 2.75) is 20.8 Å². The standard InChI is InChI=1S/C17H17FN4O3/c1-9(2)16(24)20-21-10(3)15-13(8-14(21)23)19-22(17(15)25)12-6-4-5-11(18)7-12/h4-9,19H,1-3H3,(H,20,24). The molecule has 0 radical (unpaired) electrons. The smallest absolute Gasteiger partial charge is 0.280 e. The highest BCUT2D eigenvalue weighted by molar-refractivity contribution is 5.87. The molecule has 0 aliphatic rings. The van der Waals surface area contributed by atoms with Gasteiger partial charge in [0.1, 0.15) is 5.82 Å². The molecule has 2 heterocycles. The minimum atomic E-state index is -0.483. The number of hydrogen-bond donors (Lipinski definition) is 2. The second-order valence-electron chi connectivity index (χ2n) is 6.06. The van der Waals surface area contributed by atoms with Crippen LogP contribution in [0.1, 0.15) is 19.5 Å². The van der Waals surface area contributed by atoms with Gasteiger partial charge in [0.15, 0.2) is 0 Å². The van der Waals surface area contributed by atoms with Gasteiger partial charge in [0.2, 0.25) is 5.91 Å². The number of rotatable bonds is 3. The van der Waals surface area contributed by atoms with Crippen LogP contribution in [0.25, 0.3) is 16.6 Å². The number of aryl methyl sites for hydroxylation is 1. The highest BCUT2D eigenvalue weighted by Crippen LogP contribution is 2.13. The van der Waals surface area contributed by atoms with Crippen molar-refractivity contribution in [1.82, 2.24) is 14.5 Å². The van der Waals surface area contributed by atoms with Gasteiger partial charge in [-0.15, -0.1) is 0 Å². The Morgan fingerprint density at radius 3 is 2.60 bits per heavy atom. The van der Waals surface area contributed by atoms with Crippen molar-refractivity contribution in [2.24, 2.45) is 5.92 Å². The number of aromatic amines is 1. The molecule has 0 saturated heterocycles. The molecule has 0 unspecified atom stereocenters. The van der Waals surface area contributed by atoms with E-state index in [0.717, 1.165) is 9.36 Å². The van der Waals surface area contributed by atoms with Gasteiger partial charge in [-0.25, -0.2) is 13.7 Å². The Labute approximate surface area is 141 Å². The van der Waals surface area contributed by atoms with Crippen molar-refractivity contribution < 1.29 is 9.18 Å². The topological polar surface area (TPSA) is 88.9 Å². The van der Waals surface area contributed by atoms with Crippen LogP contribution >= 0.6 is 0 Å². The molecule has 3 rings (SSSR count). The fourth-order valence-electron chi connectivity index (χ4n) is 2.55. The molecule has 25 heavy (non-hydrogen) atoms. The van der Waals surface area contributed by atoms with Crippen LogP contribution in [-0.2, 0) is 4.79 Å². The Morgan fingerprint density at radius 1 is 1.24 bits per heavy atom. The highest BCUT2D eigenvalue weighted by atomic mass is 19.1. The average molecular weight is 344 g/mol. The first kappa shape index (κ1) is 16.7. The molecule has 1 amide bonds. The number of carbonyl (C=O) groups is 1. The molecule has 8 heteroatoms. The molecule has 2 N–H and O–H groups in total. The van der Waals surface area contributed by atoms with Gasteiger partial charge in [-0.05, 0) is 25.1 Å². The van der Waals surface area contributed by atoms with Gasteiger partial charge in [0, 0.05) is 12.0 Å². The van der Waals surface area contributed by atoms with E-state index in [1.54, 1.807) is 26.8 Å². The van der Waals surface area contributed by atoms with Gasteiger partial charge in [0.25, 0.3) is 11.1 Å². The summed E-state index contributed by atoms with van der Waals surface area (Å²) < 4.78 is 15.6. The predicted octanol–water partition coefficient (Wildman–Crippen LogP) is 1.65. The molecule has 0 atom stereocenters. The van der Waals surface area contributed by atoms with E-state index in [-0.39, 0.29) is 17.2 Å². The minimum absolute atomic E-state index is 0.243. The zero-order valence-corrected chi connectivity index (χ0v) is 14.0. The summed E-state index contributed by atoms with van der Waals surface area (Å²) in [5.41, 5.74) is 2.50. The maximum absolute atomic E-state index is 13.4. The van der Waals surface area contributed by atoms with Crippen molar-refractivity contribution in [1.29, 1.82) is 0 Å². The molecule has 0 fully saturated rings. The maximum atomic E-state index is 13.4. The van der Waals surface area contributed by atoms with E-state index in [2.05, 4.69) is 10.5 Å². The van der Waals surface area contributed by atoms with Crippen LogP contribution in [0.2, 0.25) is 0 Å². The van der Waals surface area contributed by atoms with Gasteiger partial charge >= 0.3 is 0 Å². The van der Waals surface area contributed by atoms with Crippen LogP contribution in [-0.4, -0.2) is 20.4 Å². The summed E-state index contributed by atoms with van der Waals surface area (Å²) >= 11 is 0. The van der Waals surface area contributed by atoms with Crippen molar-refractivity contribution in [3.05, 3.63) is 62.6 Å². The predicted molar refractivity (Wildman–Crippen MR) is 92.1 cm³/mol. The van der Waals surface area contributed by atoms with Crippen molar-refractivity contribution in [3.63, 3.8) is 0 Å². The van der Waals surface area contributed by atoms with E-state index in [4.69, 9.17) is 0 Å². The molecule has 0 aliphatic heterocycles. The number of aromatic nitrogens is 3. The molecule has 0 aliphatic carbocycles. The van der Waals surface area contributed by atoms with Gasteiger partial charge in [0.05, 0.1) is 22.3 Å². The number of nitrogens with zero attached hydrogens (tertiary/aromatic N) is 2. The Kier molecular flexibility index (Phi) is 4.03. The molecule has 130 valence electrons. The zero-order chi connectivity index (χ0) is 18.3. The first-order valence-corrected chi connectivity index (χ1v) is 7.74. The largest absolute Gasteiger partial charge is 0.290 e. The van der Waals surface area contributed by atoms with E-state index in [9.17, 15) is 18.8 Å². The maximum Gasteiger partial charge on any atom is 0.280 e. The first-order valence-electron chi connectivity index (χ1n) is 7.74. The lowest BCUT2D eigenvalue weighted by Gasteiger charge is -2.13. The molecule has 0 bridgehead atoms. The summed E-state index contributed by atoms with van der Waals surface area (Å²) in [7, 11) is 0. The number of benzene rings is 1. The number of nitrogens with one attached hydrogen (secondary N) is 2. The average Bonchev–Trinajstić information content (AvgIpc) is 2.87. The molecule has 2 aromatic heterocycles. The van der Waals surface area contributed by atoms with Gasteiger partial charge < -0.3 is 0 Å². The number of fused-ring (bicyclic) bond motifs is 1. The second kappa shape index (κ2) is 6.04. The molecule has 1 aromatic carbocycles. The summed E-state index contributed by atoms with van der Waals surface area (Å²) in [6, 6.07) is 6.76. The lowest BCUT2D eigenvalue weighted by atomic mass is 10.2.